The van der Waals surface area contributed by atoms with E-state index >= 15 is 0 Å². The van der Waals surface area contributed by atoms with Crippen molar-refractivity contribution in [2.24, 2.45) is 0 Å². The maximum atomic E-state index is 10.5. The number of hydrogen-bond acceptors (Lipinski definition) is 4. The summed E-state index contributed by atoms with van der Waals surface area (Å²) in [6.45, 7) is 1.86. The van der Waals surface area contributed by atoms with Crippen LogP contribution in [0.1, 0.15) is 102 Å². The Hall–Kier alpha value is -2.43. The van der Waals surface area contributed by atoms with Gasteiger partial charge in [0.2, 0.25) is 5.88 Å². The highest BCUT2D eigenvalue weighted by Gasteiger charge is 2.04. The first-order valence-electron chi connectivity index (χ1n) is 12.9. The number of unbranched alkanes of at least 4 members (excludes halogenated alkanes) is 13. The molecule has 0 radical (unpaired) electrons. The van der Waals surface area contributed by atoms with Crippen LogP contribution >= 0.6 is 0 Å². The van der Waals surface area contributed by atoms with Gasteiger partial charge >= 0.3 is 5.97 Å². The molecular weight excluding hydrogens is 412 g/mol. The molecule has 0 amide bonds. The smallest absolute Gasteiger partial charge is 0.341 e. The van der Waals surface area contributed by atoms with Gasteiger partial charge in [0.05, 0.1) is 18.1 Å². The van der Waals surface area contributed by atoms with Crippen LogP contribution in [-0.2, 0) is 11.2 Å². The molecule has 0 aliphatic heterocycles. The normalized spacial score (nSPS) is 10.9. The minimum Gasteiger partial charge on any atom is -0.479 e. The van der Waals surface area contributed by atoms with Gasteiger partial charge in [-0.25, -0.2) is 14.8 Å². The Bertz CT molecular complexity index is 760. The number of aryl methyl sites for hydroxylation is 1. The molecule has 0 saturated carbocycles. The molecule has 1 aromatic carbocycles. The van der Waals surface area contributed by atoms with Crippen LogP contribution in [0.5, 0.6) is 5.88 Å². The van der Waals surface area contributed by atoms with Crippen LogP contribution in [0, 0.1) is 0 Å². The monoisotopic (exact) mass is 454 g/mol. The maximum Gasteiger partial charge on any atom is 0.341 e. The highest BCUT2D eigenvalue weighted by Crippen LogP contribution is 2.19. The average molecular weight is 455 g/mol. The van der Waals surface area contributed by atoms with Gasteiger partial charge in [-0.05, 0) is 18.4 Å². The Balaban J connectivity index is 1.50. The Morgan fingerprint density at radius 2 is 1.30 bits per heavy atom. The number of benzene rings is 1. The van der Waals surface area contributed by atoms with E-state index in [4.69, 9.17) is 9.84 Å². The fourth-order valence-electron chi connectivity index (χ4n) is 4.04. The average Bonchev–Trinajstić information content (AvgIpc) is 2.83. The van der Waals surface area contributed by atoms with Gasteiger partial charge in [-0.15, -0.1) is 0 Å². The summed E-state index contributed by atoms with van der Waals surface area (Å²) in [5.41, 5.74) is 3.10. The molecule has 2 rings (SSSR count). The van der Waals surface area contributed by atoms with E-state index in [0.717, 1.165) is 17.7 Å². The van der Waals surface area contributed by atoms with E-state index in [1.54, 1.807) is 6.20 Å². The molecule has 2 aromatic rings. The number of aromatic nitrogens is 2. The Morgan fingerprint density at radius 1 is 0.758 bits per heavy atom. The first-order chi connectivity index (χ1) is 16.2. The van der Waals surface area contributed by atoms with E-state index in [-0.39, 0.29) is 5.88 Å². The van der Waals surface area contributed by atoms with Crippen molar-refractivity contribution in [1.82, 2.24) is 9.97 Å². The van der Waals surface area contributed by atoms with Crippen molar-refractivity contribution in [2.45, 2.75) is 103 Å². The van der Waals surface area contributed by atoms with E-state index in [1.807, 2.05) is 0 Å². The Labute approximate surface area is 200 Å². The molecule has 0 unspecified atom stereocenters. The largest absolute Gasteiger partial charge is 0.479 e. The zero-order valence-corrected chi connectivity index (χ0v) is 20.4. The number of carbonyl (C=O) groups is 1. The first kappa shape index (κ1) is 26.8. The van der Waals surface area contributed by atoms with Gasteiger partial charge in [0.15, 0.2) is 6.61 Å². The van der Waals surface area contributed by atoms with E-state index in [1.165, 1.54) is 102 Å². The van der Waals surface area contributed by atoms with Gasteiger partial charge in [0.1, 0.15) is 0 Å². The van der Waals surface area contributed by atoms with E-state index < -0.39 is 12.6 Å². The molecule has 5 nitrogen and oxygen atoms in total. The second kappa shape index (κ2) is 17.1. The fraction of sp³-hybridized carbons (Fsp3) is 0.607. The molecule has 1 N–H and O–H groups in total. The lowest BCUT2D eigenvalue weighted by Gasteiger charge is -2.06. The van der Waals surface area contributed by atoms with Crippen LogP contribution in [0.15, 0.2) is 36.7 Å². The van der Waals surface area contributed by atoms with Gasteiger partial charge in [0.25, 0.3) is 0 Å². The number of rotatable bonds is 19. The van der Waals surface area contributed by atoms with Crippen molar-refractivity contribution >= 4 is 5.97 Å². The van der Waals surface area contributed by atoms with Crippen LogP contribution < -0.4 is 4.74 Å². The summed E-state index contributed by atoms with van der Waals surface area (Å²) in [7, 11) is 0. The first-order valence-corrected chi connectivity index (χ1v) is 12.9. The molecule has 1 heterocycles. The standard InChI is InChI=1S/C28H42N2O3/c1-2-3-4-5-6-7-8-9-10-11-12-13-14-15-16-24-17-19-25(20-18-24)26-21-30-27(22-29-26)33-23-28(31)32/h17-22H,2-16,23H2,1H3,(H,31,32). The van der Waals surface area contributed by atoms with Gasteiger partial charge in [-0.2, -0.15) is 0 Å². The summed E-state index contributed by atoms with van der Waals surface area (Å²) in [4.78, 5) is 19.0. The van der Waals surface area contributed by atoms with Crippen molar-refractivity contribution in [3.63, 3.8) is 0 Å². The fourth-order valence-corrected chi connectivity index (χ4v) is 4.04. The lowest BCUT2D eigenvalue weighted by atomic mass is 10.0. The summed E-state index contributed by atoms with van der Waals surface area (Å²) in [5, 5.41) is 8.64. The number of carboxylic acids is 1. The van der Waals surface area contributed by atoms with Gasteiger partial charge in [-0.1, -0.05) is 115 Å². The van der Waals surface area contributed by atoms with Crippen LogP contribution in [0.25, 0.3) is 11.3 Å². The second-order valence-corrected chi connectivity index (χ2v) is 8.97. The van der Waals surface area contributed by atoms with E-state index in [9.17, 15) is 4.79 Å². The van der Waals surface area contributed by atoms with Crippen LogP contribution in [0.2, 0.25) is 0 Å². The van der Waals surface area contributed by atoms with Crippen molar-refractivity contribution < 1.29 is 14.6 Å². The van der Waals surface area contributed by atoms with Crippen molar-refractivity contribution in [2.75, 3.05) is 6.61 Å². The van der Waals surface area contributed by atoms with Crippen molar-refractivity contribution in [3.8, 4) is 17.1 Å². The number of nitrogens with zero attached hydrogens (tertiary/aromatic N) is 2. The van der Waals surface area contributed by atoms with Crippen molar-refractivity contribution in [1.29, 1.82) is 0 Å². The third-order valence-corrected chi connectivity index (χ3v) is 6.04. The van der Waals surface area contributed by atoms with E-state index in [0.29, 0.717) is 0 Å². The molecule has 182 valence electrons. The Morgan fingerprint density at radius 3 is 1.79 bits per heavy atom. The van der Waals surface area contributed by atoms with Crippen LogP contribution in [0.3, 0.4) is 0 Å². The lowest BCUT2D eigenvalue weighted by molar-refractivity contribution is -0.139. The molecule has 0 aliphatic carbocycles. The molecule has 0 atom stereocenters. The predicted octanol–water partition coefficient (Wildman–Crippen LogP) is 7.63. The molecule has 0 spiro atoms. The zero-order chi connectivity index (χ0) is 23.6. The molecule has 0 saturated heterocycles. The van der Waals surface area contributed by atoms with Crippen LogP contribution in [-0.4, -0.2) is 27.7 Å². The minimum atomic E-state index is -1.03. The molecular formula is C28H42N2O3. The molecule has 33 heavy (non-hydrogen) atoms. The molecule has 1 aromatic heterocycles. The Kier molecular flexibility index (Phi) is 13.9. The third-order valence-electron chi connectivity index (χ3n) is 6.04. The molecule has 0 aliphatic rings. The second-order valence-electron chi connectivity index (χ2n) is 8.97. The maximum absolute atomic E-state index is 10.5. The summed E-state index contributed by atoms with van der Waals surface area (Å²) in [6, 6.07) is 8.46. The van der Waals surface area contributed by atoms with Gasteiger partial charge in [0, 0.05) is 5.56 Å². The molecule has 5 heteroatoms. The lowest BCUT2D eigenvalue weighted by Crippen LogP contribution is -2.10. The predicted molar refractivity (Wildman–Crippen MR) is 135 cm³/mol. The van der Waals surface area contributed by atoms with Crippen molar-refractivity contribution in [3.05, 3.63) is 42.2 Å². The summed E-state index contributed by atoms with van der Waals surface area (Å²) < 4.78 is 5.02. The molecule has 0 fully saturated rings. The number of ether oxygens (including phenoxy) is 1. The number of hydrogen-bond donors (Lipinski definition) is 1. The number of carboxylic acid groups (broad SMARTS) is 1. The van der Waals surface area contributed by atoms with E-state index in [2.05, 4.69) is 41.2 Å². The van der Waals surface area contributed by atoms with Gasteiger partial charge in [-0.3, -0.25) is 0 Å². The third kappa shape index (κ3) is 12.4. The number of aliphatic carboxylic acids is 1. The summed E-state index contributed by atoms with van der Waals surface area (Å²) >= 11 is 0. The van der Waals surface area contributed by atoms with Gasteiger partial charge < -0.3 is 9.84 Å². The minimum absolute atomic E-state index is 0.218. The van der Waals surface area contributed by atoms with Crippen LogP contribution in [0.4, 0.5) is 0 Å². The highest BCUT2D eigenvalue weighted by atomic mass is 16.5. The zero-order valence-electron chi connectivity index (χ0n) is 20.4. The quantitative estimate of drug-likeness (QED) is 0.221. The SMILES string of the molecule is CCCCCCCCCCCCCCCCc1ccc(-c2cnc(OCC(=O)O)cn2)cc1. The highest BCUT2D eigenvalue weighted by molar-refractivity contribution is 5.68. The topological polar surface area (TPSA) is 72.3 Å². The molecule has 0 bridgehead atoms. The summed E-state index contributed by atoms with van der Waals surface area (Å²) in [5.74, 6) is -0.814. The summed E-state index contributed by atoms with van der Waals surface area (Å²) in [6.07, 6.45) is 23.6.